The molecule has 1 amide bonds. The third-order valence-electron chi connectivity index (χ3n) is 2.67. The van der Waals surface area contributed by atoms with E-state index in [2.05, 4.69) is 48.7 Å². The van der Waals surface area contributed by atoms with Gasteiger partial charge < -0.3 is 5.32 Å². The van der Waals surface area contributed by atoms with Crippen LogP contribution in [0, 0.1) is 9.49 Å². The summed E-state index contributed by atoms with van der Waals surface area (Å²) >= 11 is 2.23. The molecule has 0 heterocycles. The lowest BCUT2D eigenvalue weighted by molar-refractivity contribution is 0.0924. The van der Waals surface area contributed by atoms with E-state index < -0.39 is 0 Å². The molecule has 0 aliphatic rings. The molecule has 0 saturated carbocycles. The van der Waals surface area contributed by atoms with Gasteiger partial charge in [-0.2, -0.15) is 0 Å². The molecule has 1 aromatic carbocycles. The zero-order valence-electron chi connectivity index (χ0n) is 9.96. The minimum Gasteiger partial charge on any atom is -0.349 e. The topological polar surface area (TPSA) is 29.1 Å². The highest BCUT2D eigenvalue weighted by molar-refractivity contribution is 14.1. The van der Waals surface area contributed by atoms with Crippen LogP contribution < -0.4 is 5.32 Å². The third kappa shape index (κ3) is 3.77. The van der Waals surface area contributed by atoms with Gasteiger partial charge in [0.15, 0.2) is 0 Å². The van der Waals surface area contributed by atoms with Crippen molar-refractivity contribution in [1.82, 2.24) is 5.32 Å². The van der Waals surface area contributed by atoms with Crippen LogP contribution in [0.25, 0.3) is 0 Å². The largest absolute Gasteiger partial charge is 0.349 e. The first-order valence-electron chi connectivity index (χ1n) is 5.61. The van der Waals surface area contributed by atoms with Gasteiger partial charge in [-0.15, -0.1) is 0 Å². The fraction of sp³-hybridized carbons (Fsp3) is 0.462. The van der Waals surface area contributed by atoms with Gasteiger partial charge in [0.1, 0.15) is 0 Å². The van der Waals surface area contributed by atoms with Crippen LogP contribution in [-0.4, -0.2) is 11.9 Å². The van der Waals surface area contributed by atoms with Gasteiger partial charge >= 0.3 is 0 Å². The molecule has 1 aromatic rings. The van der Waals surface area contributed by atoms with E-state index in [4.69, 9.17) is 0 Å². The van der Waals surface area contributed by atoms with Crippen LogP contribution in [0.3, 0.4) is 0 Å². The summed E-state index contributed by atoms with van der Waals surface area (Å²) in [7, 11) is 0. The van der Waals surface area contributed by atoms with Crippen molar-refractivity contribution < 1.29 is 4.79 Å². The number of carbonyl (C=O) groups excluding carboxylic acids is 1. The zero-order valence-corrected chi connectivity index (χ0v) is 12.1. The molecule has 0 aliphatic heterocycles. The first-order chi connectivity index (χ1) is 7.54. The molecule has 1 N–H and O–H groups in total. The van der Waals surface area contributed by atoms with Crippen molar-refractivity contribution in [3.63, 3.8) is 0 Å². The molecule has 1 atom stereocenters. The normalized spacial score (nSPS) is 12.6. The van der Waals surface area contributed by atoms with Crippen molar-refractivity contribution >= 4 is 28.5 Å². The van der Waals surface area contributed by atoms with Crippen LogP contribution in [-0.2, 0) is 0 Å². The summed E-state index contributed by atoms with van der Waals surface area (Å²) < 4.78 is 1.14. The highest BCUT2D eigenvalue weighted by Gasteiger charge is 2.14. The van der Waals surface area contributed by atoms with Gasteiger partial charge in [-0.1, -0.05) is 20.8 Å². The van der Waals surface area contributed by atoms with Crippen molar-refractivity contribution in [2.45, 2.75) is 33.2 Å². The molecule has 0 spiro atoms. The summed E-state index contributed by atoms with van der Waals surface area (Å²) in [4.78, 5) is 11.9. The van der Waals surface area contributed by atoms with Crippen LogP contribution in [0.4, 0.5) is 0 Å². The van der Waals surface area contributed by atoms with Gasteiger partial charge in [-0.05, 0) is 59.2 Å². The van der Waals surface area contributed by atoms with Crippen LogP contribution in [0.15, 0.2) is 24.3 Å². The van der Waals surface area contributed by atoms with Crippen molar-refractivity contribution in [3.8, 4) is 0 Å². The predicted octanol–water partition coefficient (Wildman–Crippen LogP) is 3.46. The van der Waals surface area contributed by atoms with Crippen molar-refractivity contribution in [1.29, 1.82) is 0 Å². The lowest BCUT2D eigenvalue weighted by Crippen LogP contribution is -2.37. The molecule has 3 heteroatoms. The van der Waals surface area contributed by atoms with E-state index in [0.29, 0.717) is 5.92 Å². The minimum absolute atomic E-state index is 0.0250. The molecule has 0 fully saturated rings. The molecule has 16 heavy (non-hydrogen) atoms. The van der Waals surface area contributed by atoms with Gasteiger partial charge in [-0.25, -0.2) is 0 Å². The van der Waals surface area contributed by atoms with Crippen LogP contribution in [0.5, 0.6) is 0 Å². The number of hydrogen-bond acceptors (Lipinski definition) is 1. The summed E-state index contributed by atoms with van der Waals surface area (Å²) in [6.45, 7) is 6.35. The van der Waals surface area contributed by atoms with E-state index in [0.717, 1.165) is 15.6 Å². The smallest absolute Gasteiger partial charge is 0.251 e. The summed E-state index contributed by atoms with van der Waals surface area (Å²) in [6, 6.07) is 7.89. The summed E-state index contributed by atoms with van der Waals surface area (Å²) in [5.41, 5.74) is 0.736. The third-order valence-corrected chi connectivity index (χ3v) is 3.39. The molecule has 0 saturated heterocycles. The van der Waals surface area contributed by atoms with E-state index in [1.807, 2.05) is 24.3 Å². The maximum Gasteiger partial charge on any atom is 0.251 e. The molecule has 1 rings (SSSR count). The predicted molar refractivity (Wildman–Crippen MR) is 75.5 cm³/mol. The average molecular weight is 331 g/mol. The van der Waals surface area contributed by atoms with Crippen molar-refractivity contribution in [2.24, 2.45) is 5.92 Å². The molecule has 0 radical (unpaired) electrons. The summed E-state index contributed by atoms with van der Waals surface area (Å²) in [5.74, 6) is 0.495. The lowest BCUT2D eigenvalue weighted by atomic mass is 10.0. The minimum atomic E-state index is 0.0250. The monoisotopic (exact) mass is 331 g/mol. The average Bonchev–Trinajstić information content (AvgIpc) is 2.26. The van der Waals surface area contributed by atoms with Crippen LogP contribution in [0.2, 0.25) is 0 Å². The molecule has 0 bridgehead atoms. The van der Waals surface area contributed by atoms with Gasteiger partial charge in [0.05, 0.1) is 0 Å². The number of halogens is 1. The zero-order chi connectivity index (χ0) is 12.1. The Bertz CT molecular complexity index is 345. The Kier molecular flexibility index (Phi) is 5.25. The molecule has 0 aromatic heterocycles. The summed E-state index contributed by atoms with van der Waals surface area (Å²) in [5, 5.41) is 3.06. The fourth-order valence-electron chi connectivity index (χ4n) is 1.59. The van der Waals surface area contributed by atoms with Crippen molar-refractivity contribution in [3.05, 3.63) is 33.4 Å². The van der Waals surface area contributed by atoms with Crippen molar-refractivity contribution in [2.75, 3.05) is 0 Å². The van der Waals surface area contributed by atoms with E-state index in [9.17, 15) is 4.79 Å². The van der Waals surface area contributed by atoms with E-state index in [1.54, 1.807) is 0 Å². The Morgan fingerprint density at radius 3 is 2.31 bits per heavy atom. The molecule has 2 nitrogen and oxygen atoms in total. The number of carbonyl (C=O) groups is 1. The molecular formula is C13H18INO. The number of amides is 1. The SMILES string of the molecule is CCC(NC(=O)c1ccc(I)cc1)C(C)C. The Hall–Kier alpha value is -0.580. The number of hydrogen-bond donors (Lipinski definition) is 1. The molecule has 1 unspecified atom stereocenters. The highest BCUT2D eigenvalue weighted by atomic mass is 127. The molecule has 88 valence electrons. The van der Waals surface area contributed by atoms with E-state index >= 15 is 0 Å². The maximum absolute atomic E-state index is 11.9. The van der Waals surface area contributed by atoms with Gasteiger partial charge in [-0.3, -0.25) is 4.79 Å². The number of benzene rings is 1. The fourth-order valence-corrected chi connectivity index (χ4v) is 1.95. The maximum atomic E-state index is 11.9. The highest BCUT2D eigenvalue weighted by Crippen LogP contribution is 2.09. The van der Waals surface area contributed by atoms with Gasteiger partial charge in [0.2, 0.25) is 0 Å². The van der Waals surface area contributed by atoms with Crippen LogP contribution in [0.1, 0.15) is 37.6 Å². The van der Waals surface area contributed by atoms with E-state index in [1.165, 1.54) is 0 Å². The lowest BCUT2D eigenvalue weighted by Gasteiger charge is -2.20. The number of rotatable bonds is 4. The summed E-state index contributed by atoms with van der Waals surface area (Å²) in [6.07, 6.45) is 0.966. The Morgan fingerprint density at radius 2 is 1.88 bits per heavy atom. The first kappa shape index (κ1) is 13.5. The second-order valence-corrected chi connectivity index (χ2v) is 5.48. The van der Waals surface area contributed by atoms with E-state index in [-0.39, 0.29) is 11.9 Å². The second-order valence-electron chi connectivity index (χ2n) is 4.24. The Labute approximate surface area is 111 Å². The standard InChI is InChI=1S/C13H18INO/c1-4-12(9(2)3)15-13(16)10-5-7-11(14)8-6-10/h5-9,12H,4H2,1-3H3,(H,15,16). The second kappa shape index (κ2) is 6.23. The first-order valence-corrected chi connectivity index (χ1v) is 6.69. The Morgan fingerprint density at radius 1 is 1.31 bits per heavy atom. The van der Waals surface area contributed by atoms with Gasteiger partial charge in [0, 0.05) is 15.2 Å². The van der Waals surface area contributed by atoms with Crippen LogP contribution >= 0.6 is 22.6 Å². The Balaban J connectivity index is 2.68. The number of nitrogens with one attached hydrogen (secondary N) is 1. The quantitative estimate of drug-likeness (QED) is 0.841. The molecular weight excluding hydrogens is 313 g/mol. The van der Waals surface area contributed by atoms with Gasteiger partial charge in [0.25, 0.3) is 5.91 Å². The molecule has 0 aliphatic carbocycles.